The van der Waals surface area contributed by atoms with Crippen LogP contribution in [0.25, 0.3) is 82.8 Å². The van der Waals surface area contributed by atoms with Crippen molar-refractivity contribution in [3.8, 4) is 50.2 Å². The Morgan fingerprint density at radius 3 is 1.52 bits per heavy atom. The van der Waals surface area contributed by atoms with Crippen LogP contribution >= 0.6 is 0 Å². The van der Waals surface area contributed by atoms with Gasteiger partial charge >= 0.3 is 0 Å². The van der Waals surface area contributed by atoms with Crippen molar-refractivity contribution >= 4 is 49.6 Å². The summed E-state index contributed by atoms with van der Waals surface area (Å²) < 4.78 is 2.40. The van der Waals surface area contributed by atoms with Gasteiger partial charge in [0.2, 0.25) is 0 Å². The molecule has 1 aromatic heterocycles. The van der Waals surface area contributed by atoms with E-state index in [-0.39, 0.29) is 0 Å². The normalized spacial score (nSPS) is 11.3. The minimum Gasteiger partial charge on any atom is -0.310 e. The van der Waals surface area contributed by atoms with Crippen LogP contribution in [-0.4, -0.2) is 4.57 Å². The third kappa shape index (κ3) is 6.41. The first-order valence-corrected chi connectivity index (χ1v) is 20.6. The van der Waals surface area contributed by atoms with Crippen LogP contribution in [0.15, 0.2) is 243 Å². The Hall–Kier alpha value is -7.94. The fraction of sp³-hybridized carbons (Fsp3) is 0. The summed E-state index contributed by atoms with van der Waals surface area (Å²) in [7, 11) is 0. The minimum absolute atomic E-state index is 1.09. The Balaban J connectivity index is 1.05. The topological polar surface area (TPSA) is 8.17 Å². The number of benzene rings is 10. The lowest BCUT2D eigenvalue weighted by Gasteiger charge is -2.27. The van der Waals surface area contributed by atoms with Gasteiger partial charge in [0.25, 0.3) is 0 Å². The van der Waals surface area contributed by atoms with Crippen LogP contribution in [0, 0.1) is 0 Å². The van der Waals surface area contributed by atoms with Crippen molar-refractivity contribution in [2.45, 2.75) is 0 Å². The highest BCUT2D eigenvalue weighted by atomic mass is 15.1. The molecule has 60 heavy (non-hydrogen) atoms. The monoisotopic (exact) mass is 764 g/mol. The van der Waals surface area contributed by atoms with Gasteiger partial charge in [-0.1, -0.05) is 176 Å². The summed E-state index contributed by atoms with van der Waals surface area (Å²) >= 11 is 0. The molecule has 1 heterocycles. The van der Waals surface area contributed by atoms with Gasteiger partial charge < -0.3 is 9.47 Å². The maximum absolute atomic E-state index is 2.40. The van der Waals surface area contributed by atoms with Gasteiger partial charge in [0.05, 0.1) is 11.0 Å². The van der Waals surface area contributed by atoms with Crippen molar-refractivity contribution < 1.29 is 0 Å². The van der Waals surface area contributed by atoms with Crippen molar-refractivity contribution in [1.82, 2.24) is 4.57 Å². The van der Waals surface area contributed by atoms with Gasteiger partial charge in [0, 0.05) is 33.5 Å². The molecule has 0 aliphatic heterocycles. The molecule has 2 heteroatoms. The molecule has 0 atom stereocenters. The van der Waals surface area contributed by atoms with Crippen LogP contribution in [0.4, 0.5) is 17.1 Å². The van der Waals surface area contributed by atoms with E-state index in [2.05, 4.69) is 252 Å². The molecule has 0 bridgehead atoms. The summed E-state index contributed by atoms with van der Waals surface area (Å²) in [6, 6.07) is 87.9. The van der Waals surface area contributed by atoms with Gasteiger partial charge in [-0.3, -0.25) is 0 Å². The van der Waals surface area contributed by atoms with Crippen LogP contribution in [0.2, 0.25) is 0 Å². The lowest BCUT2D eigenvalue weighted by Crippen LogP contribution is -2.10. The first kappa shape index (κ1) is 35.2. The molecule has 0 fully saturated rings. The number of hydrogen-bond acceptors (Lipinski definition) is 1. The minimum atomic E-state index is 1.09. The molecule has 2 nitrogen and oxygen atoms in total. The van der Waals surface area contributed by atoms with E-state index in [0.29, 0.717) is 0 Å². The molecule has 0 unspecified atom stereocenters. The van der Waals surface area contributed by atoms with E-state index in [1.165, 1.54) is 66.0 Å². The number of anilines is 3. The molecule has 282 valence electrons. The van der Waals surface area contributed by atoms with Crippen molar-refractivity contribution in [1.29, 1.82) is 0 Å². The molecule has 0 aliphatic carbocycles. The van der Waals surface area contributed by atoms with Crippen molar-refractivity contribution in [2.75, 3.05) is 4.90 Å². The number of nitrogens with zero attached hydrogens (tertiary/aromatic N) is 2. The van der Waals surface area contributed by atoms with E-state index in [0.717, 1.165) is 33.9 Å². The number of hydrogen-bond donors (Lipinski definition) is 0. The summed E-state index contributed by atoms with van der Waals surface area (Å²) in [5, 5.41) is 5.01. The zero-order chi connectivity index (χ0) is 39.8. The molecule has 0 radical (unpaired) electrons. The molecule has 0 amide bonds. The Bertz CT molecular complexity index is 3240. The molecular weight excluding hydrogens is 725 g/mol. The number of rotatable bonds is 8. The molecule has 0 saturated carbocycles. The zero-order valence-electron chi connectivity index (χ0n) is 33.0. The average Bonchev–Trinajstić information content (AvgIpc) is 3.67. The fourth-order valence-electron chi connectivity index (χ4n) is 8.84. The third-order valence-electron chi connectivity index (χ3n) is 11.8. The highest BCUT2D eigenvalue weighted by molar-refractivity contribution is 6.09. The fourth-order valence-corrected chi connectivity index (χ4v) is 8.84. The average molecular weight is 765 g/mol. The molecule has 11 aromatic rings. The van der Waals surface area contributed by atoms with Crippen LogP contribution in [-0.2, 0) is 0 Å². The maximum Gasteiger partial charge on any atom is 0.0541 e. The van der Waals surface area contributed by atoms with Gasteiger partial charge in [-0.2, -0.15) is 0 Å². The molecular formula is C58H40N2. The lowest BCUT2D eigenvalue weighted by atomic mass is 9.92. The summed E-state index contributed by atoms with van der Waals surface area (Å²) in [6.07, 6.45) is 0. The second-order valence-electron chi connectivity index (χ2n) is 15.4. The summed E-state index contributed by atoms with van der Waals surface area (Å²) in [5.41, 5.74) is 16.3. The van der Waals surface area contributed by atoms with E-state index in [9.17, 15) is 0 Å². The molecule has 0 N–H and O–H groups in total. The van der Waals surface area contributed by atoms with E-state index in [1.807, 2.05) is 0 Å². The number of fused-ring (bicyclic) bond motifs is 4. The largest absolute Gasteiger partial charge is 0.310 e. The van der Waals surface area contributed by atoms with Gasteiger partial charge in [-0.25, -0.2) is 0 Å². The molecule has 0 spiro atoms. The van der Waals surface area contributed by atoms with Crippen molar-refractivity contribution in [2.24, 2.45) is 0 Å². The van der Waals surface area contributed by atoms with Gasteiger partial charge in [-0.05, 0) is 122 Å². The van der Waals surface area contributed by atoms with Crippen LogP contribution < -0.4 is 4.90 Å². The Morgan fingerprint density at radius 2 is 0.783 bits per heavy atom. The van der Waals surface area contributed by atoms with Crippen LogP contribution in [0.3, 0.4) is 0 Å². The molecule has 10 aromatic carbocycles. The first-order chi connectivity index (χ1) is 29.7. The van der Waals surface area contributed by atoms with Crippen LogP contribution in [0.5, 0.6) is 0 Å². The summed E-state index contributed by atoms with van der Waals surface area (Å²) in [5.74, 6) is 0. The second-order valence-corrected chi connectivity index (χ2v) is 15.4. The van der Waals surface area contributed by atoms with Crippen LogP contribution in [0.1, 0.15) is 0 Å². The maximum atomic E-state index is 2.40. The SMILES string of the molecule is c1ccc(-c2ccc(-c3cc(N(c4ccccc4)c4ccc(-c5ccc6ccccc6c5)cc4)ccc3-c3cccc(-n4c5ccccc5c5ccccc54)c3)cc2)cc1. The number of aromatic nitrogens is 1. The predicted molar refractivity (Wildman–Crippen MR) is 255 cm³/mol. The number of para-hydroxylation sites is 3. The van der Waals surface area contributed by atoms with E-state index in [4.69, 9.17) is 0 Å². The quantitative estimate of drug-likeness (QED) is 0.150. The zero-order valence-corrected chi connectivity index (χ0v) is 33.0. The Kier molecular flexibility index (Phi) is 8.87. The standard InChI is InChI=1S/C58H40N2/c1-3-14-41(15-4-1)43-26-29-45(30-27-43)56-40-52(36-37-53(56)48-18-13-21-51(39-48)60-57-24-11-9-22-54(57)55-23-10-12-25-58(55)60)59(49-19-5-2-6-20-49)50-34-32-44(33-35-50)47-31-28-42-16-7-8-17-46(42)38-47/h1-40H. The van der Waals surface area contributed by atoms with E-state index >= 15 is 0 Å². The predicted octanol–water partition coefficient (Wildman–Crippen LogP) is 16.1. The molecule has 0 saturated heterocycles. The smallest absolute Gasteiger partial charge is 0.0541 e. The van der Waals surface area contributed by atoms with E-state index in [1.54, 1.807) is 0 Å². The van der Waals surface area contributed by atoms with E-state index < -0.39 is 0 Å². The third-order valence-corrected chi connectivity index (χ3v) is 11.8. The Morgan fingerprint density at radius 1 is 0.267 bits per heavy atom. The Labute approximate surface area is 350 Å². The van der Waals surface area contributed by atoms with Crippen molar-refractivity contribution in [3.63, 3.8) is 0 Å². The lowest BCUT2D eigenvalue weighted by molar-refractivity contribution is 1.18. The van der Waals surface area contributed by atoms with Gasteiger partial charge in [0.15, 0.2) is 0 Å². The summed E-state index contributed by atoms with van der Waals surface area (Å²) in [4.78, 5) is 2.37. The molecule has 0 aliphatic rings. The highest BCUT2D eigenvalue weighted by Crippen LogP contribution is 2.42. The summed E-state index contributed by atoms with van der Waals surface area (Å²) in [6.45, 7) is 0. The van der Waals surface area contributed by atoms with Gasteiger partial charge in [0.1, 0.15) is 0 Å². The molecule has 11 rings (SSSR count). The van der Waals surface area contributed by atoms with Crippen molar-refractivity contribution in [3.05, 3.63) is 243 Å². The second kappa shape index (κ2) is 15.1. The highest BCUT2D eigenvalue weighted by Gasteiger charge is 2.18. The first-order valence-electron chi connectivity index (χ1n) is 20.6. The van der Waals surface area contributed by atoms with Gasteiger partial charge in [-0.15, -0.1) is 0 Å².